The number of hydrogen-bond acceptors (Lipinski definition) is 3. The van der Waals surface area contributed by atoms with Gasteiger partial charge in [0.15, 0.2) is 0 Å². The molecule has 1 N–H and O–H groups in total. The minimum atomic E-state index is 0.663. The quantitative estimate of drug-likeness (QED) is 0.928. The first-order valence-corrected chi connectivity index (χ1v) is 6.79. The van der Waals surface area contributed by atoms with Crippen molar-refractivity contribution in [2.75, 3.05) is 32.1 Å². The zero-order valence-electron chi connectivity index (χ0n) is 10.4. The van der Waals surface area contributed by atoms with Gasteiger partial charge in [0.25, 0.3) is 0 Å². The SMILES string of the molecule is CNC1CCN(c2cc(OC)ccc2Br)CC1. The van der Waals surface area contributed by atoms with Gasteiger partial charge in [-0.25, -0.2) is 0 Å². The molecule has 94 valence electrons. The molecule has 1 saturated heterocycles. The van der Waals surface area contributed by atoms with Crippen LogP contribution in [0, 0.1) is 0 Å². The van der Waals surface area contributed by atoms with Crippen molar-refractivity contribution >= 4 is 21.6 Å². The Kier molecular flexibility index (Phi) is 4.29. The average Bonchev–Trinajstić information content (AvgIpc) is 2.39. The van der Waals surface area contributed by atoms with E-state index in [4.69, 9.17) is 4.74 Å². The van der Waals surface area contributed by atoms with Crippen LogP contribution in [0.3, 0.4) is 0 Å². The number of rotatable bonds is 3. The summed E-state index contributed by atoms with van der Waals surface area (Å²) in [6.07, 6.45) is 2.39. The first kappa shape index (κ1) is 12.7. The lowest BCUT2D eigenvalue weighted by molar-refractivity contribution is 0.413. The van der Waals surface area contributed by atoms with E-state index < -0.39 is 0 Å². The van der Waals surface area contributed by atoms with Gasteiger partial charge in [-0.1, -0.05) is 0 Å². The number of nitrogens with one attached hydrogen (secondary N) is 1. The van der Waals surface area contributed by atoms with E-state index in [2.05, 4.69) is 38.3 Å². The summed E-state index contributed by atoms with van der Waals surface area (Å²) < 4.78 is 6.42. The van der Waals surface area contributed by atoms with E-state index in [0.29, 0.717) is 6.04 Å². The van der Waals surface area contributed by atoms with Crippen LogP contribution in [0.5, 0.6) is 5.75 Å². The molecule has 4 heteroatoms. The summed E-state index contributed by atoms with van der Waals surface area (Å²) in [5, 5.41) is 3.35. The molecule has 0 saturated carbocycles. The minimum absolute atomic E-state index is 0.663. The molecule has 17 heavy (non-hydrogen) atoms. The standard InChI is InChI=1S/C13H19BrN2O/c1-15-10-5-7-16(8-6-10)13-9-11(17-2)3-4-12(13)14/h3-4,9-10,15H,5-8H2,1-2H3. The van der Waals surface area contributed by atoms with E-state index in [1.165, 1.54) is 18.5 Å². The van der Waals surface area contributed by atoms with Gasteiger partial charge in [-0.2, -0.15) is 0 Å². The molecule has 0 bridgehead atoms. The first-order valence-electron chi connectivity index (χ1n) is 6.00. The van der Waals surface area contributed by atoms with Gasteiger partial charge in [-0.15, -0.1) is 0 Å². The third kappa shape index (κ3) is 2.93. The molecular weight excluding hydrogens is 280 g/mol. The third-order valence-electron chi connectivity index (χ3n) is 3.40. The molecule has 0 amide bonds. The Hall–Kier alpha value is -0.740. The molecule has 0 unspecified atom stereocenters. The smallest absolute Gasteiger partial charge is 0.121 e. The Morgan fingerprint density at radius 3 is 2.65 bits per heavy atom. The minimum Gasteiger partial charge on any atom is -0.497 e. The lowest BCUT2D eigenvalue weighted by atomic mass is 10.0. The van der Waals surface area contributed by atoms with Crippen molar-refractivity contribution in [2.45, 2.75) is 18.9 Å². The van der Waals surface area contributed by atoms with Gasteiger partial charge in [0.1, 0.15) is 5.75 Å². The zero-order chi connectivity index (χ0) is 12.3. The van der Waals surface area contributed by atoms with E-state index in [-0.39, 0.29) is 0 Å². The Morgan fingerprint density at radius 2 is 2.06 bits per heavy atom. The van der Waals surface area contributed by atoms with E-state index in [1.54, 1.807) is 7.11 Å². The molecular formula is C13H19BrN2O. The second-order valence-electron chi connectivity index (χ2n) is 4.37. The topological polar surface area (TPSA) is 24.5 Å². The van der Waals surface area contributed by atoms with E-state index >= 15 is 0 Å². The van der Waals surface area contributed by atoms with Crippen LogP contribution >= 0.6 is 15.9 Å². The predicted molar refractivity (Wildman–Crippen MR) is 75.0 cm³/mol. The van der Waals surface area contributed by atoms with Gasteiger partial charge in [0, 0.05) is 29.7 Å². The number of anilines is 1. The molecule has 3 nitrogen and oxygen atoms in total. The van der Waals surface area contributed by atoms with Gasteiger partial charge < -0.3 is 15.0 Å². The summed E-state index contributed by atoms with van der Waals surface area (Å²) in [4.78, 5) is 2.42. The maximum absolute atomic E-state index is 5.28. The van der Waals surface area contributed by atoms with Crippen molar-refractivity contribution in [3.05, 3.63) is 22.7 Å². The molecule has 0 radical (unpaired) electrons. The number of benzene rings is 1. The van der Waals surface area contributed by atoms with Crippen LogP contribution in [0.1, 0.15) is 12.8 Å². The number of hydrogen-bond donors (Lipinski definition) is 1. The molecule has 0 aliphatic carbocycles. The molecule has 1 heterocycles. The van der Waals surface area contributed by atoms with Crippen molar-refractivity contribution in [2.24, 2.45) is 0 Å². The molecule has 1 aromatic carbocycles. The van der Waals surface area contributed by atoms with E-state index in [9.17, 15) is 0 Å². The molecule has 1 aliphatic heterocycles. The Bertz CT molecular complexity index is 376. The highest BCUT2D eigenvalue weighted by atomic mass is 79.9. The van der Waals surface area contributed by atoms with Crippen molar-refractivity contribution in [1.82, 2.24) is 5.32 Å². The highest BCUT2D eigenvalue weighted by molar-refractivity contribution is 9.10. The molecule has 1 fully saturated rings. The number of ether oxygens (including phenoxy) is 1. The van der Waals surface area contributed by atoms with Crippen LogP contribution in [0.25, 0.3) is 0 Å². The van der Waals surface area contributed by atoms with E-state index in [0.717, 1.165) is 23.3 Å². The van der Waals surface area contributed by atoms with E-state index in [1.807, 2.05) is 13.1 Å². The fourth-order valence-corrected chi connectivity index (χ4v) is 2.77. The molecule has 0 atom stereocenters. The number of piperidine rings is 1. The summed E-state index contributed by atoms with van der Waals surface area (Å²) in [5.74, 6) is 0.916. The van der Waals surface area contributed by atoms with Crippen molar-refractivity contribution in [1.29, 1.82) is 0 Å². The molecule has 0 aromatic heterocycles. The van der Waals surface area contributed by atoms with Crippen molar-refractivity contribution in [3.8, 4) is 5.75 Å². The summed E-state index contributed by atoms with van der Waals surface area (Å²) in [5.41, 5.74) is 1.24. The lowest BCUT2D eigenvalue weighted by Gasteiger charge is -2.34. The average molecular weight is 299 g/mol. The molecule has 1 aromatic rings. The molecule has 0 spiro atoms. The molecule has 1 aliphatic rings. The normalized spacial score (nSPS) is 17.2. The van der Waals surface area contributed by atoms with Gasteiger partial charge >= 0.3 is 0 Å². The van der Waals surface area contributed by atoms with Crippen LogP contribution in [0.4, 0.5) is 5.69 Å². The second-order valence-corrected chi connectivity index (χ2v) is 5.22. The molecule has 2 rings (SSSR count). The summed E-state index contributed by atoms with van der Waals surface area (Å²) in [6.45, 7) is 2.19. The Morgan fingerprint density at radius 1 is 1.35 bits per heavy atom. The van der Waals surface area contributed by atoms with Gasteiger partial charge in [0.05, 0.1) is 12.8 Å². The predicted octanol–water partition coefficient (Wildman–Crippen LogP) is 2.65. The zero-order valence-corrected chi connectivity index (χ0v) is 12.0. The number of nitrogens with zero attached hydrogens (tertiary/aromatic N) is 1. The van der Waals surface area contributed by atoms with Crippen LogP contribution in [-0.4, -0.2) is 33.3 Å². The fraction of sp³-hybridized carbons (Fsp3) is 0.538. The third-order valence-corrected chi connectivity index (χ3v) is 4.07. The largest absolute Gasteiger partial charge is 0.497 e. The van der Waals surface area contributed by atoms with Crippen molar-refractivity contribution in [3.63, 3.8) is 0 Å². The second kappa shape index (κ2) is 5.74. The Balaban J connectivity index is 2.12. The monoisotopic (exact) mass is 298 g/mol. The van der Waals surface area contributed by atoms with Gasteiger partial charge in [-0.3, -0.25) is 0 Å². The highest BCUT2D eigenvalue weighted by Crippen LogP contribution is 2.32. The maximum atomic E-state index is 5.28. The number of halogens is 1. The van der Waals surface area contributed by atoms with Crippen LogP contribution in [0.2, 0.25) is 0 Å². The highest BCUT2D eigenvalue weighted by Gasteiger charge is 2.19. The maximum Gasteiger partial charge on any atom is 0.121 e. The number of methoxy groups -OCH3 is 1. The van der Waals surface area contributed by atoms with Crippen LogP contribution in [0.15, 0.2) is 22.7 Å². The van der Waals surface area contributed by atoms with Gasteiger partial charge in [0.2, 0.25) is 0 Å². The first-order chi connectivity index (χ1) is 8.24. The Labute approximate surface area is 111 Å². The van der Waals surface area contributed by atoms with Gasteiger partial charge in [-0.05, 0) is 48.0 Å². The lowest BCUT2D eigenvalue weighted by Crippen LogP contribution is -2.41. The van der Waals surface area contributed by atoms with Crippen LogP contribution < -0.4 is 15.0 Å². The summed E-state index contributed by atoms with van der Waals surface area (Å²) >= 11 is 3.61. The van der Waals surface area contributed by atoms with Crippen molar-refractivity contribution < 1.29 is 4.74 Å². The summed E-state index contributed by atoms with van der Waals surface area (Å²) in [6, 6.07) is 6.80. The fourth-order valence-electron chi connectivity index (χ4n) is 2.27. The van der Waals surface area contributed by atoms with Crippen LogP contribution in [-0.2, 0) is 0 Å². The summed E-state index contributed by atoms with van der Waals surface area (Å²) in [7, 11) is 3.75.